The molecule has 2 heterocycles. The van der Waals surface area contributed by atoms with Crippen LogP contribution in [0.15, 0.2) is 29.6 Å². The third-order valence-corrected chi connectivity index (χ3v) is 5.69. The zero-order valence-corrected chi connectivity index (χ0v) is 15.7. The van der Waals surface area contributed by atoms with Crippen molar-refractivity contribution in [2.75, 3.05) is 14.2 Å². The second-order valence-corrected chi connectivity index (χ2v) is 7.54. The lowest BCUT2D eigenvalue weighted by atomic mass is 10.1. The van der Waals surface area contributed by atoms with Gasteiger partial charge < -0.3 is 14.5 Å². The maximum atomic E-state index is 13.0. The quantitative estimate of drug-likeness (QED) is 0.755. The van der Waals surface area contributed by atoms with Crippen molar-refractivity contribution in [1.82, 2.24) is 15.0 Å². The van der Waals surface area contributed by atoms with Gasteiger partial charge in [0.2, 0.25) is 0 Å². The van der Waals surface area contributed by atoms with Crippen LogP contribution in [-0.4, -0.2) is 33.4 Å². The number of benzene rings is 1. The van der Waals surface area contributed by atoms with E-state index in [9.17, 15) is 4.21 Å². The SMILES string of the molecule is COc1ccc2nc(S(=O)C(C)c3ncc(C)c(OC)c3C)[nH]c2c1. The minimum Gasteiger partial charge on any atom is -0.497 e. The molecule has 3 aromatic rings. The van der Waals surface area contributed by atoms with E-state index in [1.165, 1.54) is 0 Å². The van der Waals surface area contributed by atoms with Crippen LogP contribution in [0, 0.1) is 13.8 Å². The van der Waals surface area contributed by atoms with Crippen LogP contribution in [0.4, 0.5) is 0 Å². The van der Waals surface area contributed by atoms with Gasteiger partial charge in [0.15, 0.2) is 5.16 Å². The minimum atomic E-state index is -1.37. The predicted molar refractivity (Wildman–Crippen MR) is 97.7 cm³/mol. The Hall–Kier alpha value is -2.41. The van der Waals surface area contributed by atoms with Gasteiger partial charge in [0.1, 0.15) is 11.5 Å². The van der Waals surface area contributed by atoms with Crippen LogP contribution in [-0.2, 0) is 10.8 Å². The Labute approximate surface area is 149 Å². The van der Waals surface area contributed by atoms with Crippen LogP contribution >= 0.6 is 0 Å². The zero-order valence-electron chi connectivity index (χ0n) is 14.9. The number of hydrogen-bond acceptors (Lipinski definition) is 5. The van der Waals surface area contributed by atoms with Crippen molar-refractivity contribution in [2.24, 2.45) is 0 Å². The third-order valence-electron chi connectivity index (χ3n) is 4.25. The van der Waals surface area contributed by atoms with E-state index in [-0.39, 0.29) is 5.25 Å². The Morgan fingerprint density at radius 3 is 2.64 bits per heavy atom. The number of aromatic amines is 1. The van der Waals surface area contributed by atoms with E-state index in [0.717, 1.165) is 39.4 Å². The molecular formula is C18H21N3O3S. The number of hydrogen-bond donors (Lipinski definition) is 1. The molecule has 0 aliphatic carbocycles. The van der Waals surface area contributed by atoms with Crippen LogP contribution in [0.1, 0.15) is 29.0 Å². The predicted octanol–water partition coefficient (Wildman–Crippen LogP) is 3.46. The van der Waals surface area contributed by atoms with Gasteiger partial charge in [0.25, 0.3) is 0 Å². The largest absolute Gasteiger partial charge is 0.497 e. The van der Waals surface area contributed by atoms with Crippen molar-refractivity contribution in [3.8, 4) is 11.5 Å². The third kappa shape index (κ3) is 3.11. The van der Waals surface area contributed by atoms with E-state index in [1.807, 2.05) is 39.0 Å². The summed E-state index contributed by atoms with van der Waals surface area (Å²) in [5.41, 5.74) is 4.15. The van der Waals surface area contributed by atoms with Crippen molar-refractivity contribution < 1.29 is 13.7 Å². The van der Waals surface area contributed by atoms with Gasteiger partial charge >= 0.3 is 0 Å². The number of aromatic nitrogens is 3. The topological polar surface area (TPSA) is 77.1 Å². The number of aryl methyl sites for hydroxylation is 1. The van der Waals surface area contributed by atoms with Gasteiger partial charge in [-0.25, -0.2) is 4.98 Å². The molecule has 2 unspecified atom stereocenters. The molecule has 132 valence electrons. The molecule has 0 aliphatic heterocycles. The Morgan fingerprint density at radius 1 is 1.20 bits per heavy atom. The molecular weight excluding hydrogens is 338 g/mol. The number of rotatable bonds is 5. The van der Waals surface area contributed by atoms with Gasteiger partial charge in [-0.1, -0.05) is 0 Å². The fraction of sp³-hybridized carbons (Fsp3) is 0.333. The van der Waals surface area contributed by atoms with Crippen molar-refractivity contribution >= 4 is 21.8 Å². The fourth-order valence-electron chi connectivity index (χ4n) is 2.91. The molecule has 2 atom stereocenters. The Bertz CT molecular complexity index is 952. The fourth-order valence-corrected chi connectivity index (χ4v) is 4.09. The summed E-state index contributed by atoms with van der Waals surface area (Å²) in [4.78, 5) is 12.1. The molecule has 2 aromatic heterocycles. The average Bonchev–Trinajstić information content (AvgIpc) is 3.04. The van der Waals surface area contributed by atoms with E-state index in [2.05, 4.69) is 15.0 Å². The first-order valence-electron chi connectivity index (χ1n) is 7.90. The Morgan fingerprint density at radius 2 is 1.96 bits per heavy atom. The van der Waals surface area contributed by atoms with Crippen LogP contribution in [0.3, 0.4) is 0 Å². The molecule has 0 bridgehead atoms. The number of fused-ring (bicyclic) bond motifs is 1. The van der Waals surface area contributed by atoms with Crippen molar-refractivity contribution in [1.29, 1.82) is 0 Å². The summed E-state index contributed by atoms with van der Waals surface area (Å²) in [5, 5.41) is 0.105. The Balaban J connectivity index is 1.98. The first-order chi connectivity index (χ1) is 12.0. The van der Waals surface area contributed by atoms with Crippen LogP contribution < -0.4 is 9.47 Å². The highest BCUT2D eigenvalue weighted by atomic mass is 32.2. The molecule has 0 amide bonds. The number of H-pyrrole nitrogens is 1. The molecule has 0 radical (unpaired) electrons. The highest BCUT2D eigenvalue weighted by Gasteiger charge is 2.24. The van der Waals surface area contributed by atoms with Gasteiger partial charge in [-0.05, 0) is 32.9 Å². The number of pyridine rings is 1. The number of nitrogens with zero attached hydrogens (tertiary/aromatic N) is 2. The zero-order chi connectivity index (χ0) is 18.1. The number of ether oxygens (including phenoxy) is 2. The summed E-state index contributed by atoms with van der Waals surface area (Å²) >= 11 is 0. The van der Waals surface area contributed by atoms with Crippen LogP contribution in [0.25, 0.3) is 11.0 Å². The first-order valence-corrected chi connectivity index (χ1v) is 9.12. The summed E-state index contributed by atoms with van der Waals surface area (Å²) < 4.78 is 23.7. The van der Waals surface area contributed by atoms with Gasteiger partial charge in [-0.15, -0.1) is 0 Å². The normalized spacial score (nSPS) is 13.6. The van der Waals surface area contributed by atoms with Crippen LogP contribution in [0.5, 0.6) is 11.5 Å². The molecule has 0 saturated heterocycles. The van der Waals surface area contributed by atoms with E-state index in [4.69, 9.17) is 9.47 Å². The van der Waals surface area contributed by atoms with E-state index >= 15 is 0 Å². The summed E-state index contributed by atoms with van der Waals surface area (Å²) in [6.07, 6.45) is 1.75. The molecule has 0 spiro atoms. The molecule has 0 fully saturated rings. The van der Waals surface area contributed by atoms with E-state index < -0.39 is 10.8 Å². The summed E-state index contributed by atoms with van der Waals surface area (Å²) in [7, 11) is 1.87. The summed E-state index contributed by atoms with van der Waals surface area (Å²) in [6.45, 7) is 5.76. The van der Waals surface area contributed by atoms with Gasteiger partial charge in [0, 0.05) is 23.4 Å². The summed E-state index contributed by atoms with van der Waals surface area (Å²) in [6, 6.07) is 5.51. The first kappa shape index (κ1) is 17.4. The molecule has 1 N–H and O–H groups in total. The molecule has 0 saturated carbocycles. The molecule has 1 aromatic carbocycles. The van der Waals surface area contributed by atoms with Gasteiger partial charge in [0.05, 0.1) is 47.0 Å². The molecule has 0 aliphatic rings. The van der Waals surface area contributed by atoms with Gasteiger partial charge in [-0.3, -0.25) is 9.19 Å². The maximum Gasteiger partial charge on any atom is 0.198 e. The average molecular weight is 359 g/mol. The molecule has 3 rings (SSSR count). The maximum absolute atomic E-state index is 13.0. The highest BCUT2D eigenvalue weighted by molar-refractivity contribution is 7.85. The number of methoxy groups -OCH3 is 2. The van der Waals surface area contributed by atoms with Crippen molar-refractivity contribution in [3.63, 3.8) is 0 Å². The summed E-state index contributed by atoms with van der Waals surface area (Å²) in [5.74, 6) is 1.51. The lowest BCUT2D eigenvalue weighted by Gasteiger charge is -2.16. The van der Waals surface area contributed by atoms with Crippen molar-refractivity contribution in [3.05, 3.63) is 41.2 Å². The lowest BCUT2D eigenvalue weighted by molar-refractivity contribution is 0.407. The van der Waals surface area contributed by atoms with E-state index in [1.54, 1.807) is 20.4 Å². The standard InChI is InChI=1S/C18H21N3O3S/c1-10-9-19-16(11(2)17(10)24-5)12(3)25(22)18-20-14-7-6-13(23-4)8-15(14)21-18/h6-9,12H,1-5H3,(H,20,21). The number of imidazole rings is 1. The van der Waals surface area contributed by atoms with Crippen LogP contribution in [0.2, 0.25) is 0 Å². The second-order valence-electron chi connectivity index (χ2n) is 5.85. The molecule has 6 nitrogen and oxygen atoms in total. The van der Waals surface area contributed by atoms with Crippen molar-refractivity contribution in [2.45, 2.75) is 31.2 Å². The van der Waals surface area contributed by atoms with E-state index in [0.29, 0.717) is 5.16 Å². The lowest BCUT2D eigenvalue weighted by Crippen LogP contribution is -2.10. The second kappa shape index (κ2) is 6.84. The Kier molecular flexibility index (Phi) is 4.76. The van der Waals surface area contributed by atoms with Gasteiger partial charge in [-0.2, -0.15) is 0 Å². The minimum absolute atomic E-state index is 0.322. The number of nitrogens with one attached hydrogen (secondary N) is 1. The molecule has 7 heteroatoms. The smallest absolute Gasteiger partial charge is 0.198 e. The highest BCUT2D eigenvalue weighted by Crippen LogP contribution is 2.32. The molecule has 25 heavy (non-hydrogen) atoms. The monoisotopic (exact) mass is 359 g/mol.